The van der Waals surface area contributed by atoms with Crippen LogP contribution in [-0.4, -0.2) is 45.6 Å². The summed E-state index contributed by atoms with van der Waals surface area (Å²) in [7, 11) is -1.66. The number of fused-ring (bicyclic) bond motifs is 1. The van der Waals surface area contributed by atoms with Crippen LogP contribution >= 0.6 is 0 Å². The molecule has 0 aromatic carbocycles. The maximum Gasteiger partial charge on any atom is 0.244 e. The molecule has 8 heteroatoms. The molecule has 7 nitrogen and oxygen atoms in total. The van der Waals surface area contributed by atoms with Gasteiger partial charge in [0.25, 0.3) is 0 Å². The van der Waals surface area contributed by atoms with Crippen LogP contribution < -0.4 is 0 Å². The van der Waals surface area contributed by atoms with E-state index >= 15 is 0 Å². The van der Waals surface area contributed by atoms with Crippen molar-refractivity contribution >= 4 is 21.1 Å². The number of rotatable bonds is 3. The molecule has 1 atom stereocenters. The van der Waals surface area contributed by atoms with Crippen molar-refractivity contribution in [2.45, 2.75) is 23.7 Å². The Labute approximate surface area is 146 Å². The Morgan fingerprint density at radius 2 is 2.08 bits per heavy atom. The number of sulfonamides is 1. The number of nitrogens with zero attached hydrogens (tertiary/aromatic N) is 5. The summed E-state index contributed by atoms with van der Waals surface area (Å²) in [5.74, 6) is 0.0829. The second kappa shape index (κ2) is 6.20. The molecular formula is C17H19N5O2S. The Bertz CT molecular complexity index is 1000. The molecule has 0 saturated carbocycles. The lowest BCUT2D eigenvalue weighted by Crippen LogP contribution is -2.39. The first-order valence-electron chi connectivity index (χ1n) is 8.24. The summed E-state index contributed by atoms with van der Waals surface area (Å²) in [6.07, 6.45) is 6.50. The summed E-state index contributed by atoms with van der Waals surface area (Å²) in [6, 6.07) is 7.21. The van der Waals surface area contributed by atoms with Crippen molar-refractivity contribution in [3.8, 4) is 0 Å². The van der Waals surface area contributed by atoms with Crippen molar-refractivity contribution in [2.75, 3.05) is 13.1 Å². The maximum atomic E-state index is 12.8. The summed E-state index contributed by atoms with van der Waals surface area (Å²) < 4.78 is 29.0. The monoisotopic (exact) mass is 357 g/mol. The third kappa shape index (κ3) is 2.91. The number of hydrogen-bond acceptors (Lipinski definition) is 5. The molecule has 0 bridgehead atoms. The van der Waals surface area contributed by atoms with Crippen LogP contribution in [0, 0.1) is 0 Å². The molecular weight excluding hydrogens is 338 g/mol. The molecule has 1 saturated heterocycles. The average molecular weight is 357 g/mol. The number of pyridine rings is 2. The van der Waals surface area contributed by atoms with Gasteiger partial charge in [-0.05, 0) is 37.1 Å². The van der Waals surface area contributed by atoms with E-state index in [1.807, 2.05) is 19.2 Å². The molecule has 1 fully saturated rings. The lowest BCUT2D eigenvalue weighted by atomic mass is 9.95. The quantitative estimate of drug-likeness (QED) is 0.715. The van der Waals surface area contributed by atoms with Gasteiger partial charge < -0.3 is 0 Å². The first-order valence-corrected chi connectivity index (χ1v) is 9.68. The minimum absolute atomic E-state index is 0.0829. The van der Waals surface area contributed by atoms with Crippen molar-refractivity contribution in [1.29, 1.82) is 0 Å². The van der Waals surface area contributed by atoms with Crippen LogP contribution in [0.4, 0.5) is 0 Å². The van der Waals surface area contributed by atoms with Crippen molar-refractivity contribution in [3.05, 3.63) is 48.5 Å². The standard InChI is InChI=1S/C17H19N5O2S/c1-21-17-13(10-19-21)6-7-16(20-17)14-4-3-9-22(12-14)25(23,24)15-5-2-8-18-11-15/h2,5-8,10-11,14H,3-4,9,12H2,1H3/t14-/m0/s1. The normalized spacial score (nSPS) is 19.3. The zero-order valence-corrected chi connectivity index (χ0v) is 14.7. The van der Waals surface area contributed by atoms with E-state index in [0.29, 0.717) is 13.1 Å². The van der Waals surface area contributed by atoms with Gasteiger partial charge in [-0.3, -0.25) is 9.67 Å². The summed E-state index contributed by atoms with van der Waals surface area (Å²) in [4.78, 5) is 8.89. The van der Waals surface area contributed by atoms with Crippen LogP contribution in [-0.2, 0) is 17.1 Å². The van der Waals surface area contributed by atoms with Gasteiger partial charge in [0.1, 0.15) is 4.90 Å². The van der Waals surface area contributed by atoms with Gasteiger partial charge in [-0.15, -0.1) is 0 Å². The first kappa shape index (κ1) is 16.2. The van der Waals surface area contributed by atoms with Crippen LogP contribution in [0.15, 0.2) is 47.8 Å². The molecule has 0 unspecified atom stereocenters. The van der Waals surface area contributed by atoms with Crippen molar-refractivity contribution in [2.24, 2.45) is 7.05 Å². The Morgan fingerprint density at radius 1 is 1.20 bits per heavy atom. The molecule has 0 N–H and O–H groups in total. The molecule has 0 spiro atoms. The van der Waals surface area contributed by atoms with Crippen molar-refractivity contribution < 1.29 is 8.42 Å². The first-order chi connectivity index (χ1) is 12.1. The topological polar surface area (TPSA) is 81.0 Å². The molecule has 3 aromatic heterocycles. The van der Waals surface area contributed by atoms with Gasteiger partial charge in [0.05, 0.1) is 6.20 Å². The molecule has 0 amide bonds. The number of piperidine rings is 1. The van der Waals surface area contributed by atoms with E-state index in [0.717, 1.165) is 29.6 Å². The molecule has 130 valence electrons. The van der Waals surface area contributed by atoms with Gasteiger partial charge in [-0.1, -0.05) is 0 Å². The zero-order valence-electron chi connectivity index (χ0n) is 13.9. The Morgan fingerprint density at radius 3 is 2.88 bits per heavy atom. The molecule has 1 aliphatic rings. The van der Waals surface area contributed by atoms with E-state index in [4.69, 9.17) is 4.98 Å². The lowest BCUT2D eigenvalue weighted by Gasteiger charge is -2.31. The second-order valence-corrected chi connectivity index (χ2v) is 8.25. The van der Waals surface area contributed by atoms with Crippen LogP contribution in [0.2, 0.25) is 0 Å². The third-order valence-electron chi connectivity index (χ3n) is 4.68. The Balaban J connectivity index is 1.63. The van der Waals surface area contributed by atoms with Gasteiger partial charge in [-0.2, -0.15) is 9.40 Å². The minimum atomic E-state index is -3.52. The lowest BCUT2D eigenvalue weighted by molar-refractivity contribution is 0.313. The summed E-state index contributed by atoms with van der Waals surface area (Å²) in [5, 5.41) is 5.20. The molecule has 25 heavy (non-hydrogen) atoms. The highest BCUT2D eigenvalue weighted by atomic mass is 32.2. The fraction of sp³-hybridized carbons (Fsp3) is 0.353. The summed E-state index contributed by atoms with van der Waals surface area (Å²) in [6.45, 7) is 0.968. The SMILES string of the molecule is Cn1ncc2ccc([C@H]3CCCN(S(=O)(=O)c4cccnc4)C3)nc21. The predicted molar refractivity (Wildman–Crippen MR) is 93.5 cm³/mol. The third-order valence-corrected chi connectivity index (χ3v) is 6.53. The second-order valence-electron chi connectivity index (χ2n) is 6.31. The average Bonchev–Trinajstić information content (AvgIpc) is 3.03. The van der Waals surface area contributed by atoms with E-state index in [1.54, 1.807) is 33.5 Å². The van der Waals surface area contributed by atoms with Gasteiger partial charge >= 0.3 is 0 Å². The van der Waals surface area contributed by atoms with E-state index in [9.17, 15) is 8.42 Å². The molecule has 3 aromatic rings. The highest BCUT2D eigenvalue weighted by Gasteiger charge is 2.31. The summed E-state index contributed by atoms with van der Waals surface area (Å²) in [5.41, 5.74) is 1.74. The van der Waals surface area contributed by atoms with Crippen molar-refractivity contribution in [1.82, 2.24) is 24.1 Å². The van der Waals surface area contributed by atoms with Crippen molar-refractivity contribution in [3.63, 3.8) is 0 Å². The number of aryl methyl sites for hydroxylation is 1. The van der Waals surface area contributed by atoms with E-state index in [1.165, 1.54) is 6.20 Å². The van der Waals surface area contributed by atoms with Gasteiger partial charge in [-0.25, -0.2) is 13.4 Å². The van der Waals surface area contributed by atoms with E-state index in [-0.39, 0.29) is 10.8 Å². The molecule has 0 aliphatic carbocycles. The number of aromatic nitrogens is 4. The van der Waals surface area contributed by atoms with E-state index in [2.05, 4.69) is 10.1 Å². The highest BCUT2D eigenvalue weighted by molar-refractivity contribution is 7.89. The maximum absolute atomic E-state index is 12.8. The largest absolute Gasteiger partial charge is 0.263 e. The zero-order chi connectivity index (χ0) is 17.4. The van der Waals surface area contributed by atoms with E-state index < -0.39 is 10.0 Å². The van der Waals surface area contributed by atoms with Crippen LogP contribution in [0.1, 0.15) is 24.5 Å². The van der Waals surface area contributed by atoms with Crippen LogP contribution in [0.25, 0.3) is 11.0 Å². The van der Waals surface area contributed by atoms with Gasteiger partial charge in [0, 0.05) is 49.5 Å². The van der Waals surface area contributed by atoms with Crippen LogP contribution in [0.5, 0.6) is 0 Å². The predicted octanol–water partition coefficient (Wildman–Crippen LogP) is 1.93. The molecule has 4 rings (SSSR count). The van der Waals surface area contributed by atoms with Gasteiger partial charge in [0.2, 0.25) is 10.0 Å². The number of hydrogen-bond donors (Lipinski definition) is 0. The molecule has 0 radical (unpaired) electrons. The fourth-order valence-corrected chi connectivity index (χ4v) is 4.80. The van der Waals surface area contributed by atoms with Gasteiger partial charge in [0.15, 0.2) is 5.65 Å². The highest BCUT2D eigenvalue weighted by Crippen LogP contribution is 2.30. The Kier molecular flexibility index (Phi) is 4.01. The Hall–Kier alpha value is -2.32. The molecule has 4 heterocycles. The smallest absolute Gasteiger partial charge is 0.244 e. The fourth-order valence-electron chi connectivity index (χ4n) is 3.32. The minimum Gasteiger partial charge on any atom is -0.263 e. The molecule has 1 aliphatic heterocycles. The van der Waals surface area contributed by atoms with Crippen LogP contribution in [0.3, 0.4) is 0 Å². The summed E-state index contributed by atoms with van der Waals surface area (Å²) >= 11 is 0.